The number of hydrogen-bond donors (Lipinski definition) is 2. The van der Waals surface area contributed by atoms with Crippen LogP contribution in [0.2, 0.25) is 0 Å². The minimum absolute atomic E-state index is 0.582. The number of aromatic nitrogens is 2. The van der Waals surface area contributed by atoms with Crippen molar-refractivity contribution in [2.24, 2.45) is 5.92 Å². The van der Waals surface area contributed by atoms with Crippen LogP contribution < -0.4 is 10.6 Å². The molecule has 0 amide bonds. The minimum atomic E-state index is 0.582. The SMILES string of the molecule is Cc1cccc(Nc2nc(C)cc(NCC(C)C)n2)c1. The number of anilines is 3. The molecular formula is C16H22N4. The summed E-state index contributed by atoms with van der Waals surface area (Å²) in [5, 5.41) is 6.58. The Morgan fingerprint density at radius 2 is 1.90 bits per heavy atom. The average molecular weight is 270 g/mol. The molecule has 0 unspecified atom stereocenters. The summed E-state index contributed by atoms with van der Waals surface area (Å²) >= 11 is 0. The number of rotatable bonds is 5. The minimum Gasteiger partial charge on any atom is -0.370 e. The number of hydrogen-bond acceptors (Lipinski definition) is 4. The highest BCUT2D eigenvalue weighted by Gasteiger charge is 2.03. The van der Waals surface area contributed by atoms with Crippen LogP contribution in [0.3, 0.4) is 0 Å². The van der Waals surface area contributed by atoms with E-state index in [9.17, 15) is 0 Å². The van der Waals surface area contributed by atoms with Crippen LogP contribution in [0.4, 0.5) is 17.5 Å². The van der Waals surface area contributed by atoms with Gasteiger partial charge in [-0.15, -0.1) is 0 Å². The number of nitrogens with one attached hydrogen (secondary N) is 2. The van der Waals surface area contributed by atoms with Crippen molar-refractivity contribution < 1.29 is 0 Å². The smallest absolute Gasteiger partial charge is 0.229 e. The van der Waals surface area contributed by atoms with Crippen molar-refractivity contribution in [1.29, 1.82) is 0 Å². The van der Waals surface area contributed by atoms with Gasteiger partial charge in [-0.3, -0.25) is 0 Å². The summed E-state index contributed by atoms with van der Waals surface area (Å²) in [6.45, 7) is 9.29. The molecule has 2 N–H and O–H groups in total. The second-order valence-corrected chi connectivity index (χ2v) is 5.49. The zero-order valence-corrected chi connectivity index (χ0v) is 12.6. The first-order valence-corrected chi connectivity index (χ1v) is 6.96. The Kier molecular flexibility index (Phi) is 4.56. The molecule has 20 heavy (non-hydrogen) atoms. The molecule has 0 saturated heterocycles. The van der Waals surface area contributed by atoms with Gasteiger partial charge in [0.05, 0.1) is 0 Å². The maximum atomic E-state index is 4.50. The van der Waals surface area contributed by atoms with E-state index in [0.717, 1.165) is 23.7 Å². The summed E-state index contributed by atoms with van der Waals surface area (Å²) < 4.78 is 0. The third-order valence-corrected chi connectivity index (χ3v) is 2.82. The monoisotopic (exact) mass is 270 g/mol. The molecule has 0 spiro atoms. The van der Waals surface area contributed by atoms with E-state index < -0.39 is 0 Å². The lowest BCUT2D eigenvalue weighted by molar-refractivity contribution is 0.687. The first kappa shape index (κ1) is 14.3. The van der Waals surface area contributed by atoms with Gasteiger partial charge in [0.25, 0.3) is 0 Å². The molecule has 0 saturated carbocycles. The molecule has 0 aliphatic rings. The first-order chi connectivity index (χ1) is 9.52. The van der Waals surface area contributed by atoms with E-state index in [4.69, 9.17) is 0 Å². The van der Waals surface area contributed by atoms with Crippen LogP contribution in [0.25, 0.3) is 0 Å². The van der Waals surface area contributed by atoms with Gasteiger partial charge in [0, 0.05) is 24.0 Å². The molecule has 1 aromatic carbocycles. The van der Waals surface area contributed by atoms with Gasteiger partial charge < -0.3 is 10.6 Å². The molecule has 0 aliphatic heterocycles. The van der Waals surface area contributed by atoms with Gasteiger partial charge in [-0.25, -0.2) is 4.98 Å². The first-order valence-electron chi connectivity index (χ1n) is 6.96. The van der Waals surface area contributed by atoms with Crippen molar-refractivity contribution in [1.82, 2.24) is 9.97 Å². The third-order valence-electron chi connectivity index (χ3n) is 2.82. The lowest BCUT2D eigenvalue weighted by atomic mass is 10.2. The zero-order valence-electron chi connectivity index (χ0n) is 12.6. The Balaban J connectivity index is 2.15. The zero-order chi connectivity index (χ0) is 14.5. The summed E-state index contributed by atoms with van der Waals surface area (Å²) in [5.41, 5.74) is 3.16. The van der Waals surface area contributed by atoms with E-state index in [1.54, 1.807) is 0 Å². The molecule has 1 heterocycles. The van der Waals surface area contributed by atoms with E-state index in [1.165, 1.54) is 5.56 Å². The van der Waals surface area contributed by atoms with Gasteiger partial charge in [-0.05, 0) is 37.5 Å². The topological polar surface area (TPSA) is 49.8 Å². The maximum Gasteiger partial charge on any atom is 0.229 e. The summed E-state index contributed by atoms with van der Waals surface area (Å²) in [7, 11) is 0. The highest BCUT2D eigenvalue weighted by molar-refractivity contribution is 5.56. The predicted octanol–water partition coefficient (Wildman–Crippen LogP) is 3.90. The van der Waals surface area contributed by atoms with Gasteiger partial charge in [-0.2, -0.15) is 4.98 Å². The largest absolute Gasteiger partial charge is 0.370 e. The molecule has 1 aromatic heterocycles. The van der Waals surface area contributed by atoms with Crippen molar-refractivity contribution in [2.45, 2.75) is 27.7 Å². The van der Waals surface area contributed by atoms with E-state index in [0.29, 0.717) is 11.9 Å². The fraction of sp³-hybridized carbons (Fsp3) is 0.375. The van der Waals surface area contributed by atoms with E-state index in [-0.39, 0.29) is 0 Å². The van der Waals surface area contributed by atoms with Crippen LogP contribution in [0.5, 0.6) is 0 Å². The Labute approximate surface area is 120 Å². The second-order valence-electron chi connectivity index (χ2n) is 5.49. The lowest BCUT2D eigenvalue weighted by Gasteiger charge is -2.11. The number of aryl methyl sites for hydroxylation is 2. The highest BCUT2D eigenvalue weighted by atomic mass is 15.1. The van der Waals surface area contributed by atoms with Gasteiger partial charge in [0.2, 0.25) is 5.95 Å². The molecule has 2 rings (SSSR count). The average Bonchev–Trinajstić information content (AvgIpc) is 2.35. The van der Waals surface area contributed by atoms with E-state index in [2.05, 4.69) is 53.5 Å². The normalized spacial score (nSPS) is 10.7. The molecule has 4 nitrogen and oxygen atoms in total. The van der Waals surface area contributed by atoms with Crippen LogP contribution in [-0.2, 0) is 0 Å². The summed E-state index contributed by atoms with van der Waals surface area (Å²) in [6, 6.07) is 10.1. The van der Waals surface area contributed by atoms with Crippen molar-refractivity contribution in [3.05, 3.63) is 41.6 Å². The van der Waals surface area contributed by atoms with Crippen molar-refractivity contribution in [2.75, 3.05) is 17.2 Å². The molecule has 4 heteroatoms. The fourth-order valence-corrected chi connectivity index (χ4v) is 1.88. The van der Waals surface area contributed by atoms with Gasteiger partial charge in [0.1, 0.15) is 5.82 Å². The van der Waals surface area contributed by atoms with E-state index >= 15 is 0 Å². The van der Waals surface area contributed by atoms with Crippen LogP contribution in [0.1, 0.15) is 25.1 Å². The standard InChI is InChI=1S/C16H22N4/c1-11(2)10-17-15-9-13(4)18-16(20-15)19-14-7-5-6-12(3)8-14/h5-9,11H,10H2,1-4H3,(H2,17,18,19,20). The molecule has 2 aromatic rings. The summed E-state index contributed by atoms with van der Waals surface area (Å²) in [5.74, 6) is 2.07. The van der Waals surface area contributed by atoms with Crippen LogP contribution in [0.15, 0.2) is 30.3 Å². The van der Waals surface area contributed by atoms with Gasteiger partial charge >= 0.3 is 0 Å². The maximum absolute atomic E-state index is 4.50. The number of benzene rings is 1. The van der Waals surface area contributed by atoms with E-state index in [1.807, 2.05) is 25.1 Å². The highest BCUT2D eigenvalue weighted by Crippen LogP contribution is 2.17. The third kappa shape index (κ3) is 4.23. The van der Waals surface area contributed by atoms with Gasteiger partial charge in [-0.1, -0.05) is 26.0 Å². The molecule has 0 bridgehead atoms. The van der Waals surface area contributed by atoms with Gasteiger partial charge in [0.15, 0.2) is 0 Å². The Bertz CT molecular complexity index is 578. The Morgan fingerprint density at radius 3 is 2.60 bits per heavy atom. The molecule has 106 valence electrons. The quantitative estimate of drug-likeness (QED) is 0.865. The molecule has 0 radical (unpaired) electrons. The molecule has 0 aliphatic carbocycles. The summed E-state index contributed by atoms with van der Waals surface area (Å²) in [4.78, 5) is 8.92. The van der Waals surface area contributed by atoms with Crippen molar-refractivity contribution in [3.8, 4) is 0 Å². The van der Waals surface area contributed by atoms with Crippen LogP contribution in [-0.4, -0.2) is 16.5 Å². The molecular weight excluding hydrogens is 248 g/mol. The molecule has 0 atom stereocenters. The van der Waals surface area contributed by atoms with Crippen molar-refractivity contribution >= 4 is 17.5 Å². The van der Waals surface area contributed by atoms with Crippen LogP contribution in [0, 0.1) is 19.8 Å². The van der Waals surface area contributed by atoms with Crippen LogP contribution >= 0.6 is 0 Å². The Hall–Kier alpha value is -2.10. The Morgan fingerprint density at radius 1 is 1.10 bits per heavy atom. The van der Waals surface area contributed by atoms with Crippen molar-refractivity contribution in [3.63, 3.8) is 0 Å². The fourth-order valence-electron chi connectivity index (χ4n) is 1.88. The second kappa shape index (κ2) is 6.37. The predicted molar refractivity (Wildman–Crippen MR) is 84.6 cm³/mol. The molecule has 0 fully saturated rings. The number of nitrogens with zero attached hydrogens (tertiary/aromatic N) is 2. The lowest BCUT2D eigenvalue weighted by Crippen LogP contribution is -2.10. The summed E-state index contributed by atoms with van der Waals surface area (Å²) in [6.07, 6.45) is 0.